The zero-order valence-electron chi connectivity index (χ0n) is 10.8. The van der Waals surface area contributed by atoms with Gasteiger partial charge in [-0.25, -0.2) is 13.9 Å². The minimum absolute atomic E-state index is 0.168. The average molecular weight is 263 g/mol. The summed E-state index contributed by atoms with van der Waals surface area (Å²) in [5.74, 6) is -1.07. The van der Waals surface area contributed by atoms with Crippen LogP contribution in [0.25, 0.3) is 11.3 Å². The van der Waals surface area contributed by atoms with Gasteiger partial charge in [0.05, 0.1) is 24.6 Å². The standard InChI is InChI=1S/C13H14FN3O2/c1-3-4-17-12(8-15-16-17)9-5-10(13(18)19-2)7-11(14)6-9/h5-8H,3-4H2,1-2H3. The molecule has 0 aliphatic rings. The first kappa shape index (κ1) is 13.2. The highest BCUT2D eigenvalue weighted by Gasteiger charge is 2.13. The molecule has 0 spiro atoms. The number of rotatable bonds is 4. The monoisotopic (exact) mass is 263 g/mol. The molecule has 0 unspecified atom stereocenters. The van der Waals surface area contributed by atoms with E-state index in [9.17, 15) is 9.18 Å². The molecule has 0 amide bonds. The maximum Gasteiger partial charge on any atom is 0.337 e. The topological polar surface area (TPSA) is 57.0 Å². The van der Waals surface area contributed by atoms with Gasteiger partial charge in [-0.05, 0) is 24.6 Å². The molecule has 0 aliphatic heterocycles. The third-order valence-corrected chi connectivity index (χ3v) is 2.67. The fourth-order valence-electron chi connectivity index (χ4n) is 1.83. The lowest BCUT2D eigenvalue weighted by molar-refractivity contribution is 0.0600. The minimum Gasteiger partial charge on any atom is -0.465 e. The maximum absolute atomic E-state index is 13.6. The van der Waals surface area contributed by atoms with Crippen LogP contribution in [0.3, 0.4) is 0 Å². The van der Waals surface area contributed by atoms with E-state index in [4.69, 9.17) is 0 Å². The fourth-order valence-corrected chi connectivity index (χ4v) is 1.83. The van der Waals surface area contributed by atoms with E-state index < -0.39 is 11.8 Å². The van der Waals surface area contributed by atoms with Gasteiger partial charge in [0, 0.05) is 12.1 Å². The number of aromatic nitrogens is 3. The molecule has 0 N–H and O–H groups in total. The molecule has 1 heterocycles. The number of halogens is 1. The maximum atomic E-state index is 13.6. The molecular weight excluding hydrogens is 249 g/mol. The van der Waals surface area contributed by atoms with Crippen LogP contribution >= 0.6 is 0 Å². The van der Waals surface area contributed by atoms with Gasteiger partial charge >= 0.3 is 5.97 Å². The summed E-state index contributed by atoms with van der Waals surface area (Å²) >= 11 is 0. The van der Waals surface area contributed by atoms with Crippen molar-refractivity contribution in [2.45, 2.75) is 19.9 Å². The van der Waals surface area contributed by atoms with E-state index in [0.29, 0.717) is 17.8 Å². The van der Waals surface area contributed by atoms with Gasteiger partial charge in [-0.3, -0.25) is 0 Å². The molecule has 5 nitrogen and oxygen atoms in total. The van der Waals surface area contributed by atoms with Crippen LogP contribution in [0.4, 0.5) is 4.39 Å². The molecule has 0 atom stereocenters. The number of nitrogens with zero attached hydrogens (tertiary/aromatic N) is 3. The van der Waals surface area contributed by atoms with Crippen molar-refractivity contribution in [3.8, 4) is 11.3 Å². The highest BCUT2D eigenvalue weighted by atomic mass is 19.1. The second kappa shape index (κ2) is 5.60. The van der Waals surface area contributed by atoms with Crippen molar-refractivity contribution < 1.29 is 13.9 Å². The Morgan fingerprint density at radius 1 is 1.42 bits per heavy atom. The predicted octanol–water partition coefficient (Wildman–Crippen LogP) is 2.28. The average Bonchev–Trinajstić information content (AvgIpc) is 2.86. The third kappa shape index (κ3) is 2.78. The van der Waals surface area contributed by atoms with E-state index in [-0.39, 0.29) is 5.56 Å². The highest BCUT2D eigenvalue weighted by Crippen LogP contribution is 2.21. The number of carbonyl (C=O) groups is 1. The molecule has 2 aromatic rings. The zero-order chi connectivity index (χ0) is 13.8. The second-order valence-electron chi connectivity index (χ2n) is 4.06. The summed E-state index contributed by atoms with van der Waals surface area (Å²) in [4.78, 5) is 11.5. The molecule has 100 valence electrons. The second-order valence-corrected chi connectivity index (χ2v) is 4.06. The highest BCUT2D eigenvalue weighted by molar-refractivity contribution is 5.90. The summed E-state index contributed by atoms with van der Waals surface area (Å²) in [6.45, 7) is 2.69. The molecule has 1 aromatic carbocycles. The van der Waals surface area contributed by atoms with E-state index in [1.54, 1.807) is 16.9 Å². The SMILES string of the molecule is CCCn1nncc1-c1cc(F)cc(C(=O)OC)c1. The van der Waals surface area contributed by atoms with Crippen LogP contribution in [-0.2, 0) is 11.3 Å². The van der Waals surface area contributed by atoms with Gasteiger partial charge in [0.15, 0.2) is 0 Å². The van der Waals surface area contributed by atoms with Crippen molar-refractivity contribution in [1.82, 2.24) is 15.0 Å². The summed E-state index contributed by atoms with van der Waals surface area (Å²) in [5, 5.41) is 7.75. The summed E-state index contributed by atoms with van der Waals surface area (Å²) in [6.07, 6.45) is 2.43. The third-order valence-electron chi connectivity index (χ3n) is 2.67. The Labute approximate surface area is 110 Å². The molecule has 0 radical (unpaired) electrons. The first-order valence-electron chi connectivity index (χ1n) is 5.93. The lowest BCUT2D eigenvalue weighted by Gasteiger charge is -2.07. The molecule has 0 aliphatic carbocycles. The Kier molecular flexibility index (Phi) is 3.89. The van der Waals surface area contributed by atoms with Crippen LogP contribution in [0.2, 0.25) is 0 Å². The van der Waals surface area contributed by atoms with Gasteiger partial charge in [0.25, 0.3) is 0 Å². The van der Waals surface area contributed by atoms with E-state index >= 15 is 0 Å². The van der Waals surface area contributed by atoms with Gasteiger partial charge < -0.3 is 4.74 Å². The predicted molar refractivity (Wildman–Crippen MR) is 67.0 cm³/mol. The Bertz CT molecular complexity index is 595. The molecule has 0 fully saturated rings. The van der Waals surface area contributed by atoms with Crippen LogP contribution in [0.5, 0.6) is 0 Å². The number of benzene rings is 1. The van der Waals surface area contributed by atoms with Gasteiger partial charge in [-0.15, -0.1) is 5.10 Å². The van der Waals surface area contributed by atoms with E-state index in [1.807, 2.05) is 6.92 Å². The summed E-state index contributed by atoms with van der Waals surface area (Å²) in [6, 6.07) is 4.06. The Morgan fingerprint density at radius 2 is 2.21 bits per heavy atom. The molecule has 6 heteroatoms. The molecule has 0 saturated heterocycles. The molecule has 1 aromatic heterocycles. The first-order chi connectivity index (χ1) is 9.15. The van der Waals surface area contributed by atoms with Crippen LogP contribution in [0.1, 0.15) is 23.7 Å². The summed E-state index contributed by atoms with van der Waals surface area (Å²) in [7, 11) is 1.26. The molecule has 0 saturated carbocycles. The number of hydrogen-bond acceptors (Lipinski definition) is 4. The van der Waals surface area contributed by atoms with E-state index in [1.165, 1.54) is 13.2 Å². The van der Waals surface area contributed by atoms with E-state index in [2.05, 4.69) is 15.0 Å². The molecule has 0 bridgehead atoms. The Balaban J connectivity index is 2.47. The molecule has 2 rings (SSSR count). The first-order valence-corrected chi connectivity index (χ1v) is 5.93. The number of esters is 1. The van der Waals surface area contributed by atoms with Gasteiger partial charge in [-0.1, -0.05) is 12.1 Å². The normalized spacial score (nSPS) is 10.5. The van der Waals surface area contributed by atoms with Gasteiger partial charge in [0.1, 0.15) is 5.82 Å². The van der Waals surface area contributed by atoms with Crippen LogP contribution in [0.15, 0.2) is 24.4 Å². The van der Waals surface area contributed by atoms with Gasteiger partial charge in [-0.2, -0.15) is 0 Å². The van der Waals surface area contributed by atoms with Crippen molar-refractivity contribution >= 4 is 5.97 Å². The zero-order valence-corrected chi connectivity index (χ0v) is 10.8. The lowest BCUT2D eigenvalue weighted by atomic mass is 10.1. The molecule has 19 heavy (non-hydrogen) atoms. The van der Waals surface area contributed by atoms with Crippen LogP contribution < -0.4 is 0 Å². The molecular formula is C13H14FN3O2. The Hall–Kier alpha value is -2.24. The summed E-state index contributed by atoms with van der Waals surface area (Å²) < 4.78 is 19.9. The summed E-state index contributed by atoms with van der Waals surface area (Å²) in [5.41, 5.74) is 1.40. The lowest BCUT2D eigenvalue weighted by Crippen LogP contribution is -2.04. The smallest absolute Gasteiger partial charge is 0.337 e. The quantitative estimate of drug-likeness (QED) is 0.794. The van der Waals surface area contributed by atoms with Crippen LogP contribution in [0, 0.1) is 5.82 Å². The van der Waals surface area contributed by atoms with E-state index in [0.717, 1.165) is 12.5 Å². The Morgan fingerprint density at radius 3 is 2.89 bits per heavy atom. The van der Waals surface area contributed by atoms with Crippen molar-refractivity contribution in [1.29, 1.82) is 0 Å². The largest absolute Gasteiger partial charge is 0.465 e. The van der Waals surface area contributed by atoms with Crippen molar-refractivity contribution in [2.75, 3.05) is 7.11 Å². The van der Waals surface area contributed by atoms with Crippen molar-refractivity contribution in [2.24, 2.45) is 0 Å². The number of hydrogen-bond donors (Lipinski definition) is 0. The van der Waals surface area contributed by atoms with Crippen LogP contribution in [-0.4, -0.2) is 28.1 Å². The van der Waals surface area contributed by atoms with Gasteiger partial charge in [0.2, 0.25) is 0 Å². The minimum atomic E-state index is -0.574. The fraction of sp³-hybridized carbons (Fsp3) is 0.308. The van der Waals surface area contributed by atoms with Crippen molar-refractivity contribution in [3.05, 3.63) is 35.8 Å². The number of carbonyl (C=O) groups excluding carboxylic acids is 1. The number of methoxy groups -OCH3 is 1. The van der Waals surface area contributed by atoms with Crippen molar-refractivity contribution in [3.63, 3.8) is 0 Å². The number of aryl methyl sites for hydroxylation is 1. The number of ether oxygens (including phenoxy) is 1.